The van der Waals surface area contributed by atoms with E-state index in [1.54, 1.807) is 0 Å². The Morgan fingerprint density at radius 1 is 1.67 bits per heavy atom. The highest BCUT2D eigenvalue weighted by molar-refractivity contribution is 5.70. The van der Waals surface area contributed by atoms with Crippen molar-refractivity contribution in [1.82, 2.24) is 0 Å². The van der Waals surface area contributed by atoms with E-state index in [-0.39, 0.29) is 12.0 Å². The summed E-state index contributed by atoms with van der Waals surface area (Å²) in [6.45, 7) is 2.26. The molecule has 0 spiro atoms. The van der Waals surface area contributed by atoms with Gasteiger partial charge in [0, 0.05) is 6.04 Å². The van der Waals surface area contributed by atoms with Crippen molar-refractivity contribution in [3.63, 3.8) is 0 Å². The van der Waals surface area contributed by atoms with Crippen molar-refractivity contribution in [3.8, 4) is 0 Å². The molecule has 2 N–H and O–H groups in total. The average Bonchev–Trinajstić information content (AvgIpc) is 2.71. The van der Waals surface area contributed by atoms with E-state index in [9.17, 15) is 4.79 Å². The van der Waals surface area contributed by atoms with Crippen molar-refractivity contribution in [3.05, 3.63) is 0 Å². The molecule has 1 aliphatic rings. The summed E-state index contributed by atoms with van der Waals surface area (Å²) in [6, 6.07) is 0.0107. The van der Waals surface area contributed by atoms with Crippen molar-refractivity contribution in [2.45, 2.75) is 38.6 Å². The average molecular weight is 171 g/mol. The summed E-state index contributed by atoms with van der Waals surface area (Å²) in [5.41, 5.74) is 5.74. The maximum absolute atomic E-state index is 11.0. The van der Waals surface area contributed by atoms with Gasteiger partial charge in [0.25, 0.3) is 0 Å². The lowest BCUT2D eigenvalue weighted by Crippen LogP contribution is -2.25. The molecule has 0 aromatic heterocycles. The number of carbonyl (C=O) groups is 1. The highest BCUT2D eigenvalue weighted by Crippen LogP contribution is 2.33. The minimum atomic E-state index is -0.161. The molecule has 0 heterocycles. The maximum atomic E-state index is 11.0. The van der Waals surface area contributed by atoms with Crippen LogP contribution in [-0.4, -0.2) is 18.6 Å². The van der Waals surface area contributed by atoms with Gasteiger partial charge in [-0.05, 0) is 19.3 Å². The predicted molar refractivity (Wildman–Crippen MR) is 46.6 cm³/mol. The first-order valence-corrected chi connectivity index (χ1v) is 4.63. The van der Waals surface area contributed by atoms with Crippen molar-refractivity contribution >= 4 is 5.97 Å². The summed E-state index contributed by atoms with van der Waals surface area (Å²) in [4.78, 5) is 11.0. The molecule has 1 fully saturated rings. The van der Waals surface area contributed by atoms with Gasteiger partial charge < -0.3 is 10.5 Å². The second-order valence-electron chi connectivity index (χ2n) is 3.45. The van der Waals surface area contributed by atoms with Crippen LogP contribution >= 0.6 is 0 Å². The van der Waals surface area contributed by atoms with Gasteiger partial charge in [0.1, 0.15) is 0 Å². The Morgan fingerprint density at radius 3 is 2.83 bits per heavy atom. The lowest BCUT2D eigenvalue weighted by Gasteiger charge is -2.09. The Morgan fingerprint density at radius 2 is 2.33 bits per heavy atom. The summed E-state index contributed by atoms with van der Waals surface area (Å²) >= 11 is 0. The van der Waals surface area contributed by atoms with E-state index in [0.717, 1.165) is 12.3 Å². The minimum Gasteiger partial charge on any atom is -0.466 e. The zero-order valence-corrected chi connectivity index (χ0v) is 7.58. The van der Waals surface area contributed by atoms with Crippen LogP contribution in [0.5, 0.6) is 0 Å². The number of rotatable bonds is 5. The van der Waals surface area contributed by atoms with Crippen LogP contribution in [0.25, 0.3) is 0 Å². The molecule has 0 aliphatic heterocycles. The molecule has 1 saturated carbocycles. The number of hydrogen-bond donors (Lipinski definition) is 1. The van der Waals surface area contributed by atoms with E-state index in [2.05, 4.69) is 0 Å². The second kappa shape index (κ2) is 4.45. The van der Waals surface area contributed by atoms with Gasteiger partial charge in [-0.3, -0.25) is 4.79 Å². The molecule has 12 heavy (non-hydrogen) atoms. The molecule has 1 rings (SSSR count). The van der Waals surface area contributed by atoms with Gasteiger partial charge in [-0.25, -0.2) is 0 Å². The number of ether oxygens (including phenoxy) is 1. The molecule has 0 aromatic rings. The topological polar surface area (TPSA) is 52.3 Å². The highest BCUT2D eigenvalue weighted by Gasteiger charge is 2.24. The largest absolute Gasteiger partial charge is 0.466 e. The normalized spacial score (nSPS) is 18.8. The molecule has 0 amide bonds. The van der Waals surface area contributed by atoms with Gasteiger partial charge in [0.2, 0.25) is 0 Å². The van der Waals surface area contributed by atoms with Crippen molar-refractivity contribution in [1.29, 1.82) is 0 Å². The Balaban J connectivity index is 2.06. The third kappa shape index (κ3) is 3.72. The number of nitrogens with two attached hydrogens (primary N) is 1. The fraction of sp³-hybridized carbons (Fsp3) is 0.889. The van der Waals surface area contributed by atoms with Gasteiger partial charge in [-0.15, -0.1) is 0 Å². The van der Waals surface area contributed by atoms with Gasteiger partial charge >= 0.3 is 5.97 Å². The Bertz CT molecular complexity index is 155. The van der Waals surface area contributed by atoms with E-state index in [4.69, 9.17) is 10.5 Å². The van der Waals surface area contributed by atoms with Crippen LogP contribution in [-0.2, 0) is 9.53 Å². The summed E-state index contributed by atoms with van der Waals surface area (Å²) < 4.78 is 4.80. The molecule has 0 saturated heterocycles. The van der Waals surface area contributed by atoms with Crippen molar-refractivity contribution in [2.24, 2.45) is 11.7 Å². The molecule has 1 unspecified atom stereocenters. The van der Waals surface area contributed by atoms with Crippen LogP contribution in [0.1, 0.15) is 32.6 Å². The predicted octanol–water partition coefficient (Wildman–Crippen LogP) is 1.07. The third-order valence-corrected chi connectivity index (χ3v) is 2.07. The Labute approximate surface area is 73.3 Å². The number of hydrogen-bond acceptors (Lipinski definition) is 3. The molecule has 0 aromatic carbocycles. The minimum absolute atomic E-state index is 0.0107. The van der Waals surface area contributed by atoms with Crippen LogP contribution in [0.3, 0.4) is 0 Å². The zero-order chi connectivity index (χ0) is 8.97. The third-order valence-electron chi connectivity index (χ3n) is 2.07. The van der Waals surface area contributed by atoms with E-state index < -0.39 is 0 Å². The first-order chi connectivity index (χ1) is 5.72. The summed E-state index contributed by atoms with van der Waals surface area (Å²) in [5, 5.41) is 0. The SMILES string of the molecule is CCOC(=O)CC(N)CC1CC1. The molecular formula is C9H17NO2. The lowest BCUT2D eigenvalue weighted by molar-refractivity contribution is -0.143. The van der Waals surface area contributed by atoms with Crippen LogP contribution in [0.2, 0.25) is 0 Å². The number of esters is 1. The van der Waals surface area contributed by atoms with Crippen LogP contribution < -0.4 is 5.73 Å². The first-order valence-electron chi connectivity index (χ1n) is 4.63. The van der Waals surface area contributed by atoms with E-state index in [1.807, 2.05) is 6.92 Å². The quantitative estimate of drug-likeness (QED) is 0.629. The van der Waals surface area contributed by atoms with E-state index in [0.29, 0.717) is 13.0 Å². The molecule has 1 atom stereocenters. The molecule has 0 bridgehead atoms. The van der Waals surface area contributed by atoms with Crippen LogP contribution in [0.15, 0.2) is 0 Å². The van der Waals surface area contributed by atoms with Crippen molar-refractivity contribution in [2.75, 3.05) is 6.61 Å². The molecule has 3 heteroatoms. The molecular weight excluding hydrogens is 154 g/mol. The molecule has 70 valence electrons. The van der Waals surface area contributed by atoms with Gasteiger partial charge in [-0.2, -0.15) is 0 Å². The first kappa shape index (κ1) is 9.52. The summed E-state index contributed by atoms with van der Waals surface area (Å²) in [5.74, 6) is 0.625. The van der Waals surface area contributed by atoms with Gasteiger partial charge in [0.15, 0.2) is 0 Å². The fourth-order valence-electron chi connectivity index (χ4n) is 1.30. The lowest BCUT2D eigenvalue weighted by atomic mass is 10.1. The van der Waals surface area contributed by atoms with Gasteiger partial charge in [0.05, 0.1) is 13.0 Å². The smallest absolute Gasteiger partial charge is 0.307 e. The number of carbonyl (C=O) groups excluding carboxylic acids is 1. The summed E-state index contributed by atoms with van der Waals surface area (Å²) in [6.07, 6.45) is 3.94. The zero-order valence-electron chi connectivity index (χ0n) is 7.58. The second-order valence-corrected chi connectivity index (χ2v) is 3.45. The molecule has 0 radical (unpaired) electrons. The molecule has 3 nitrogen and oxygen atoms in total. The van der Waals surface area contributed by atoms with Crippen LogP contribution in [0.4, 0.5) is 0 Å². The van der Waals surface area contributed by atoms with Crippen LogP contribution in [0, 0.1) is 5.92 Å². The Hall–Kier alpha value is -0.570. The van der Waals surface area contributed by atoms with Gasteiger partial charge in [-0.1, -0.05) is 12.8 Å². The highest BCUT2D eigenvalue weighted by atomic mass is 16.5. The summed E-state index contributed by atoms with van der Waals surface area (Å²) in [7, 11) is 0. The Kier molecular flexibility index (Phi) is 3.53. The van der Waals surface area contributed by atoms with E-state index >= 15 is 0 Å². The fourth-order valence-corrected chi connectivity index (χ4v) is 1.30. The maximum Gasteiger partial charge on any atom is 0.307 e. The standard InChI is InChI=1S/C9H17NO2/c1-2-12-9(11)6-8(10)5-7-3-4-7/h7-8H,2-6,10H2,1H3. The van der Waals surface area contributed by atoms with E-state index in [1.165, 1.54) is 12.8 Å². The molecule has 1 aliphatic carbocycles. The monoisotopic (exact) mass is 171 g/mol. The van der Waals surface area contributed by atoms with Crippen molar-refractivity contribution < 1.29 is 9.53 Å².